The van der Waals surface area contributed by atoms with Crippen LogP contribution < -0.4 is 0 Å². The maximum absolute atomic E-state index is 12.4. The van der Waals surface area contributed by atoms with Crippen molar-refractivity contribution in [3.8, 4) is 0 Å². The predicted octanol–water partition coefficient (Wildman–Crippen LogP) is 3.44. The van der Waals surface area contributed by atoms with E-state index in [-0.39, 0.29) is 11.3 Å². The third-order valence-corrected chi connectivity index (χ3v) is 3.13. The van der Waals surface area contributed by atoms with Gasteiger partial charge in [-0.2, -0.15) is 26.3 Å². The molecule has 0 aliphatic heterocycles. The van der Waals surface area contributed by atoms with E-state index in [9.17, 15) is 26.3 Å². The zero-order chi connectivity index (χ0) is 13.5. The molecule has 8 heteroatoms. The van der Waals surface area contributed by atoms with E-state index in [2.05, 4.69) is 6.92 Å². The number of alkyl halides is 6. The van der Waals surface area contributed by atoms with Crippen LogP contribution in [0.5, 0.6) is 0 Å². The topological polar surface area (TPSA) is 20.2 Å². The molecule has 0 amide bonds. The van der Waals surface area contributed by atoms with Gasteiger partial charge in [-0.05, 0) is 24.8 Å². The van der Waals surface area contributed by atoms with E-state index in [0.717, 1.165) is 0 Å². The summed E-state index contributed by atoms with van der Waals surface area (Å²) in [4.78, 5) is 0.229. The van der Waals surface area contributed by atoms with Gasteiger partial charge in [-0.15, -0.1) is 11.3 Å². The quantitative estimate of drug-likeness (QED) is 0.821. The van der Waals surface area contributed by atoms with Crippen LogP contribution in [0, 0.1) is 6.92 Å². The summed E-state index contributed by atoms with van der Waals surface area (Å²) in [5.41, 5.74) is -6.05. The van der Waals surface area contributed by atoms with Crippen molar-refractivity contribution in [3.05, 3.63) is 28.8 Å². The standard InChI is InChI=1S/C9H7F6OS/c1-2-6-3-5(4-17-6)7(16,8(10,11)12)9(13,14)15/h3-4,16H,1-2H2. The zero-order valence-corrected chi connectivity index (χ0v) is 9.01. The van der Waals surface area contributed by atoms with Crippen molar-refractivity contribution >= 4 is 11.3 Å². The number of hydrogen-bond donors (Lipinski definition) is 1. The van der Waals surface area contributed by atoms with Crippen LogP contribution in [0.2, 0.25) is 0 Å². The summed E-state index contributed by atoms with van der Waals surface area (Å²) in [5, 5.41) is 9.64. The fourth-order valence-electron chi connectivity index (χ4n) is 1.19. The van der Waals surface area contributed by atoms with Gasteiger partial charge in [-0.3, -0.25) is 0 Å². The van der Waals surface area contributed by atoms with E-state index in [0.29, 0.717) is 22.8 Å². The minimum Gasteiger partial charge on any atom is -0.369 e. The van der Waals surface area contributed by atoms with Crippen molar-refractivity contribution in [3.63, 3.8) is 0 Å². The number of hydrogen-bond acceptors (Lipinski definition) is 2. The first kappa shape index (κ1) is 14.3. The SMILES string of the molecule is [CH2]Cc1cc(C(O)(C(F)(F)F)C(F)(F)F)cs1. The fourth-order valence-corrected chi connectivity index (χ4v) is 2.02. The molecule has 0 aromatic carbocycles. The third kappa shape index (κ3) is 2.28. The molecule has 1 radical (unpaired) electrons. The van der Waals surface area contributed by atoms with E-state index < -0.39 is 23.5 Å². The molecular weight excluding hydrogens is 270 g/mol. The van der Waals surface area contributed by atoms with Crippen LogP contribution in [-0.2, 0) is 12.0 Å². The summed E-state index contributed by atoms with van der Waals surface area (Å²) in [7, 11) is 0. The summed E-state index contributed by atoms with van der Waals surface area (Å²) >= 11 is 0.686. The van der Waals surface area contributed by atoms with Crippen molar-refractivity contribution in [2.75, 3.05) is 0 Å². The first-order chi connectivity index (χ1) is 7.54. The van der Waals surface area contributed by atoms with Gasteiger partial charge < -0.3 is 5.11 Å². The fraction of sp³-hybridized carbons (Fsp3) is 0.444. The summed E-state index contributed by atoms with van der Waals surface area (Å²) in [6.07, 6.45) is -11.6. The van der Waals surface area contributed by atoms with Crippen LogP contribution in [0.1, 0.15) is 10.4 Å². The monoisotopic (exact) mass is 277 g/mol. The van der Waals surface area contributed by atoms with E-state index >= 15 is 0 Å². The van der Waals surface area contributed by atoms with E-state index in [1.165, 1.54) is 0 Å². The highest BCUT2D eigenvalue weighted by molar-refractivity contribution is 7.10. The van der Waals surface area contributed by atoms with Crippen molar-refractivity contribution < 1.29 is 31.4 Å². The lowest BCUT2D eigenvalue weighted by atomic mass is 9.94. The average molecular weight is 277 g/mol. The zero-order valence-electron chi connectivity index (χ0n) is 8.19. The maximum Gasteiger partial charge on any atom is 0.430 e. The van der Waals surface area contributed by atoms with E-state index in [1.54, 1.807) is 0 Å². The van der Waals surface area contributed by atoms with Gasteiger partial charge in [0.05, 0.1) is 0 Å². The van der Waals surface area contributed by atoms with E-state index in [4.69, 9.17) is 5.11 Å². The Morgan fingerprint density at radius 3 is 1.88 bits per heavy atom. The molecule has 0 unspecified atom stereocenters. The number of aliphatic hydroxyl groups is 1. The molecule has 0 spiro atoms. The molecule has 0 atom stereocenters. The number of halogens is 6. The normalized spacial score (nSPS) is 14.1. The van der Waals surface area contributed by atoms with Crippen molar-refractivity contribution in [2.24, 2.45) is 0 Å². The Labute approximate surface area is 96.7 Å². The molecule has 1 heterocycles. The molecule has 0 saturated carbocycles. The summed E-state index contributed by atoms with van der Waals surface area (Å²) < 4.78 is 74.5. The van der Waals surface area contributed by atoms with Crippen LogP contribution in [0.4, 0.5) is 26.3 Å². The number of rotatable bonds is 2. The second-order valence-corrected chi connectivity index (χ2v) is 4.25. The Hall–Kier alpha value is -0.760. The van der Waals surface area contributed by atoms with Gasteiger partial charge in [-0.25, -0.2) is 0 Å². The average Bonchev–Trinajstić information content (AvgIpc) is 2.61. The minimum atomic E-state index is -5.83. The molecule has 0 aliphatic carbocycles. The smallest absolute Gasteiger partial charge is 0.369 e. The largest absolute Gasteiger partial charge is 0.430 e. The van der Waals surface area contributed by atoms with Gasteiger partial charge in [0.25, 0.3) is 5.60 Å². The Morgan fingerprint density at radius 2 is 1.59 bits per heavy atom. The first-order valence-corrected chi connectivity index (χ1v) is 5.15. The van der Waals surface area contributed by atoms with Crippen LogP contribution >= 0.6 is 11.3 Å². The van der Waals surface area contributed by atoms with Gasteiger partial charge in [0.1, 0.15) is 0 Å². The highest BCUT2D eigenvalue weighted by Crippen LogP contribution is 2.50. The molecule has 97 valence electrons. The second kappa shape index (κ2) is 4.16. The minimum absolute atomic E-state index is 0.0520. The van der Waals surface area contributed by atoms with Gasteiger partial charge in [0, 0.05) is 10.4 Å². The molecule has 0 bridgehead atoms. The van der Waals surface area contributed by atoms with Gasteiger partial charge >= 0.3 is 12.4 Å². The van der Waals surface area contributed by atoms with Crippen LogP contribution in [0.15, 0.2) is 11.4 Å². The Kier molecular flexibility index (Phi) is 3.50. The van der Waals surface area contributed by atoms with Crippen LogP contribution in [-0.4, -0.2) is 17.5 Å². The van der Waals surface area contributed by atoms with Crippen LogP contribution in [0.25, 0.3) is 0 Å². The molecule has 1 aromatic heterocycles. The lowest BCUT2D eigenvalue weighted by Gasteiger charge is -2.31. The summed E-state index contributed by atoms with van der Waals surface area (Å²) in [6.45, 7) is 3.34. The molecule has 1 N–H and O–H groups in total. The van der Waals surface area contributed by atoms with Crippen molar-refractivity contribution in [1.82, 2.24) is 0 Å². The van der Waals surface area contributed by atoms with Gasteiger partial charge in [-0.1, -0.05) is 0 Å². The first-order valence-electron chi connectivity index (χ1n) is 4.27. The Bertz CT molecular complexity index is 377. The molecule has 0 fully saturated rings. The lowest BCUT2D eigenvalue weighted by molar-refractivity contribution is -0.376. The Balaban J connectivity index is 3.35. The highest BCUT2D eigenvalue weighted by atomic mass is 32.1. The molecule has 17 heavy (non-hydrogen) atoms. The number of thiophene rings is 1. The molecule has 1 rings (SSSR count). The lowest BCUT2D eigenvalue weighted by Crippen LogP contribution is -2.53. The molecule has 1 nitrogen and oxygen atoms in total. The van der Waals surface area contributed by atoms with E-state index in [1.807, 2.05) is 0 Å². The van der Waals surface area contributed by atoms with Crippen molar-refractivity contribution in [2.45, 2.75) is 24.4 Å². The summed E-state index contributed by atoms with van der Waals surface area (Å²) in [5.74, 6) is 0. The molecule has 0 aliphatic rings. The molecule has 0 saturated heterocycles. The van der Waals surface area contributed by atoms with Gasteiger partial charge in [0.15, 0.2) is 0 Å². The third-order valence-electron chi connectivity index (χ3n) is 2.14. The predicted molar refractivity (Wildman–Crippen MR) is 49.4 cm³/mol. The van der Waals surface area contributed by atoms with Crippen LogP contribution in [0.3, 0.4) is 0 Å². The highest BCUT2D eigenvalue weighted by Gasteiger charge is 2.71. The molecule has 1 aromatic rings. The maximum atomic E-state index is 12.4. The van der Waals surface area contributed by atoms with Gasteiger partial charge in [0.2, 0.25) is 0 Å². The summed E-state index contributed by atoms with van der Waals surface area (Å²) in [6, 6.07) is 0.665. The van der Waals surface area contributed by atoms with Crippen molar-refractivity contribution in [1.29, 1.82) is 0 Å². The second-order valence-electron chi connectivity index (χ2n) is 3.26. The molecular formula is C9H7F6OS. The Morgan fingerprint density at radius 1 is 1.12 bits per heavy atom.